The van der Waals surface area contributed by atoms with E-state index in [1.807, 2.05) is 0 Å². The minimum absolute atomic E-state index is 0.00399. The van der Waals surface area contributed by atoms with Gasteiger partial charge in [-0.25, -0.2) is 13.2 Å². The highest BCUT2D eigenvalue weighted by atomic mass is 32.2. The van der Waals surface area contributed by atoms with E-state index in [1.165, 1.54) is 12.1 Å². The smallest absolute Gasteiger partial charge is 0.337 e. The van der Waals surface area contributed by atoms with E-state index in [2.05, 4.69) is 0 Å². The molecule has 0 atom stereocenters. The number of rotatable bonds is 4. The van der Waals surface area contributed by atoms with Crippen LogP contribution in [0.4, 0.5) is 5.69 Å². The van der Waals surface area contributed by atoms with Gasteiger partial charge in [-0.3, -0.25) is 0 Å². The molecule has 0 radical (unpaired) electrons. The highest BCUT2D eigenvalue weighted by molar-refractivity contribution is 7.90. The summed E-state index contributed by atoms with van der Waals surface area (Å²) in [5.74, 6) is -1.12. The normalized spacial score (nSPS) is 11.3. The number of hydrogen-bond acceptors (Lipinski definition) is 4. The lowest BCUT2D eigenvalue weighted by Crippen LogP contribution is -2.08. The first kappa shape index (κ1) is 12.5. The van der Waals surface area contributed by atoms with E-state index in [0.717, 1.165) is 6.26 Å². The van der Waals surface area contributed by atoms with Crippen LogP contribution in [-0.4, -0.2) is 31.5 Å². The minimum atomic E-state index is -3.04. The number of nitrogens with two attached hydrogens (primary N) is 1. The maximum Gasteiger partial charge on any atom is 0.337 e. The lowest BCUT2D eigenvalue weighted by molar-refractivity contribution is 0.0698. The van der Waals surface area contributed by atoms with Gasteiger partial charge in [0.1, 0.15) is 9.84 Å². The molecular weight excluding hydrogens is 230 g/mol. The van der Waals surface area contributed by atoms with Gasteiger partial charge in [0, 0.05) is 11.9 Å². The van der Waals surface area contributed by atoms with Gasteiger partial charge in [-0.1, -0.05) is 6.07 Å². The molecule has 0 amide bonds. The Bertz CT molecular complexity index is 508. The Kier molecular flexibility index (Phi) is 3.54. The predicted molar refractivity (Wildman–Crippen MR) is 61.2 cm³/mol. The van der Waals surface area contributed by atoms with Gasteiger partial charge in [0.15, 0.2) is 0 Å². The van der Waals surface area contributed by atoms with Crippen LogP contribution in [0.3, 0.4) is 0 Å². The highest BCUT2D eigenvalue weighted by Gasteiger charge is 2.10. The summed E-state index contributed by atoms with van der Waals surface area (Å²) in [7, 11) is -3.04. The number of carbonyl (C=O) groups is 1. The number of nitrogen functional groups attached to an aromatic ring is 1. The Morgan fingerprint density at radius 2 is 2.06 bits per heavy atom. The van der Waals surface area contributed by atoms with Crippen molar-refractivity contribution in [1.29, 1.82) is 0 Å². The molecule has 3 N–H and O–H groups in total. The lowest BCUT2D eigenvalue weighted by atomic mass is 10.1. The van der Waals surface area contributed by atoms with Gasteiger partial charge in [-0.15, -0.1) is 0 Å². The summed E-state index contributed by atoms with van der Waals surface area (Å²) in [6, 6.07) is 4.51. The van der Waals surface area contributed by atoms with Crippen molar-refractivity contribution in [3.05, 3.63) is 29.3 Å². The zero-order valence-corrected chi connectivity index (χ0v) is 9.62. The van der Waals surface area contributed by atoms with E-state index < -0.39 is 15.8 Å². The molecule has 0 aliphatic rings. The van der Waals surface area contributed by atoms with Crippen molar-refractivity contribution in [1.82, 2.24) is 0 Å². The first-order valence-electron chi connectivity index (χ1n) is 4.59. The summed E-state index contributed by atoms with van der Waals surface area (Å²) in [5.41, 5.74) is 6.31. The van der Waals surface area contributed by atoms with Crippen molar-refractivity contribution in [2.45, 2.75) is 6.42 Å². The highest BCUT2D eigenvalue weighted by Crippen LogP contribution is 2.14. The van der Waals surface area contributed by atoms with E-state index in [-0.39, 0.29) is 17.0 Å². The maximum absolute atomic E-state index is 10.9. The summed E-state index contributed by atoms with van der Waals surface area (Å²) in [5, 5.41) is 8.82. The van der Waals surface area contributed by atoms with Crippen molar-refractivity contribution in [3.63, 3.8) is 0 Å². The summed E-state index contributed by atoms with van der Waals surface area (Å²) in [6.07, 6.45) is 1.43. The standard InChI is InChI=1S/C10H13NO4S/c1-16(14,15)5-4-7-2-3-9(11)8(6-7)10(12)13/h2-3,6H,4-5,11H2,1H3,(H,12,13). The number of carboxylic acid groups (broad SMARTS) is 1. The molecule has 0 unspecified atom stereocenters. The Morgan fingerprint density at radius 3 is 2.56 bits per heavy atom. The largest absolute Gasteiger partial charge is 0.478 e. The van der Waals surface area contributed by atoms with Crippen molar-refractivity contribution in [2.75, 3.05) is 17.7 Å². The molecule has 0 aliphatic carbocycles. The summed E-state index contributed by atoms with van der Waals surface area (Å²) >= 11 is 0. The molecule has 0 aromatic heterocycles. The number of sulfone groups is 1. The summed E-state index contributed by atoms with van der Waals surface area (Å²) < 4.78 is 21.9. The van der Waals surface area contributed by atoms with Gasteiger partial charge in [0.05, 0.1) is 11.3 Å². The second-order valence-electron chi connectivity index (χ2n) is 3.61. The third-order valence-corrected chi connectivity index (χ3v) is 3.06. The van der Waals surface area contributed by atoms with Crippen LogP contribution in [-0.2, 0) is 16.3 Å². The van der Waals surface area contributed by atoms with Crippen LogP contribution < -0.4 is 5.73 Å². The van der Waals surface area contributed by atoms with Crippen molar-refractivity contribution >= 4 is 21.5 Å². The number of benzene rings is 1. The van der Waals surface area contributed by atoms with Crippen LogP contribution in [0, 0.1) is 0 Å². The van der Waals surface area contributed by atoms with Crippen LogP contribution in [0.5, 0.6) is 0 Å². The molecule has 0 saturated carbocycles. The molecule has 6 heteroatoms. The quantitative estimate of drug-likeness (QED) is 0.753. The number of aromatic carboxylic acids is 1. The molecule has 0 heterocycles. The molecule has 0 aliphatic heterocycles. The van der Waals surface area contributed by atoms with Crippen LogP contribution in [0.25, 0.3) is 0 Å². The first-order chi connectivity index (χ1) is 7.29. The first-order valence-corrected chi connectivity index (χ1v) is 6.65. The van der Waals surface area contributed by atoms with Gasteiger partial charge >= 0.3 is 5.97 Å². The second-order valence-corrected chi connectivity index (χ2v) is 5.87. The number of hydrogen-bond donors (Lipinski definition) is 2. The number of aryl methyl sites for hydroxylation is 1. The Morgan fingerprint density at radius 1 is 1.44 bits per heavy atom. The molecule has 16 heavy (non-hydrogen) atoms. The van der Waals surface area contributed by atoms with Gasteiger partial charge in [0.2, 0.25) is 0 Å². The van der Waals surface area contributed by atoms with Crippen molar-refractivity contribution < 1.29 is 18.3 Å². The molecule has 0 saturated heterocycles. The van der Waals surface area contributed by atoms with Crippen LogP contribution in [0.1, 0.15) is 15.9 Å². The van der Waals surface area contributed by atoms with Gasteiger partial charge in [-0.2, -0.15) is 0 Å². The van der Waals surface area contributed by atoms with E-state index in [4.69, 9.17) is 10.8 Å². The maximum atomic E-state index is 10.9. The summed E-state index contributed by atoms with van der Waals surface area (Å²) in [4.78, 5) is 10.8. The zero-order valence-electron chi connectivity index (χ0n) is 8.80. The van der Waals surface area contributed by atoms with Crippen LogP contribution in [0.2, 0.25) is 0 Å². The molecule has 5 nitrogen and oxygen atoms in total. The fourth-order valence-corrected chi connectivity index (χ4v) is 1.85. The van der Waals surface area contributed by atoms with Crippen LogP contribution in [0.15, 0.2) is 18.2 Å². The zero-order chi connectivity index (χ0) is 12.3. The molecule has 1 rings (SSSR count). The molecular formula is C10H13NO4S. The average molecular weight is 243 g/mol. The van der Waals surface area contributed by atoms with Gasteiger partial charge in [0.25, 0.3) is 0 Å². The van der Waals surface area contributed by atoms with E-state index in [0.29, 0.717) is 12.0 Å². The number of anilines is 1. The Hall–Kier alpha value is -1.56. The topological polar surface area (TPSA) is 97.5 Å². The molecule has 1 aromatic carbocycles. The average Bonchev–Trinajstić information content (AvgIpc) is 2.14. The molecule has 0 fully saturated rings. The molecule has 0 spiro atoms. The molecule has 88 valence electrons. The van der Waals surface area contributed by atoms with E-state index in [9.17, 15) is 13.2 Å². The summed E-state index contributed by atoms with van der Waals surface area (Å²) in [6.45, 7) is 0. The van der Waals surface area contributed by atoms with E-state index in [1.54, 1.807) is 6.07 Å². The minimum Gasteiger partial charge on any atom is -0.478 e. The van der Waals surface area contributed by atoms with Crippen LogP contribution >= 0.6 is 0 Å². The van der Waals surface area contributed by atoms with Crippen molar-refractivity contribution in [3.8, 4) is 0 Å². The third-order valence-electron chi connectivity index (χ3n) is 2.11. The third kappa shape index (κ3) is 3.54. The SMILES string of the molecule is CS(=O)(=O)CCc1ccc(N)c(C(=O)O)c1. The fraction of sp³-hybridized carbons (Fsp3) is 0.300. The molecule has 0 bridgehead atoms. The predicted octanol–water partition coefficient (Wildman–Crippen LogP) is 0.554. The van der Waals surface area contributed by atoms with E-state index >= 15 is 0 Å². The van der Waals surface area contributed by atoms with Gasteiger partial charge < -0.3 is 10.8 Å². The lowest BCUT2D eigenvalue weighted by Gasteiger charge is -2.04. The monoisotopic (exact) mass is 243 g/mol. The number of carboxylic acids is 1. The van der Waals surface area contributed by atoms with Gasteiger partial charge in [-0.05, 0) is 24.1 Å². The Balaban J connectivity index is 2.91. The molecule has 1 aromatic rings. The Labute approximate surface area is 93.8 Å². The fourth-order valence-electron chi connectivity index (χ4n) is 1.25. The van der Waals surface area contributed by atoms with Crippen molar-refractivity contribution in [2.24, 2.45) is 0 Å². The second kappa shape index (κ2) is 4.52.